The number of fused-ring (bicyclic) bond motifs is 1. The number of methoxy groups -OCH3 is 2. The Bertz CT molecular complexity index is 1550. The summed E-state index contributed by atoms with van der Waals surface area (Å²) in [5.41, 5.74) is -0.498. The van der Waals surface area contributed by atoms with Gasteiger partial charge in [0.2, 0.25) is 12.0 Å². The standard InChI is InChI=1S/C29H34O16/c1-10-21(33)24(36)26(38)28(41-10)45-27-25(37)23(35)19(9-30)44-29(27)42-12-6-13(31)20-14(32)8-15(43-16(20)7-12)11-4-17(39-2)22(34)18(5-11)40-3/h4-8,10,19,21,23-31,33-38H,9H2,1-3H3/t10-,19+,21-,23+,24+,25-,26+,27+,28?,29+/m0/s1. The molecule has 0 saturated carbocycles. The van der Waals surface area contributed by atoms with E-state index in [1.807, 2.05) is 0 Å². The molecule has 1 aromatic heterocycles. The van der Waals surface area contributed by atoms with Crippen LogP contribution in [0.15, 0.2) is 39.5 Å². The molecule has 0 radical (unpaired) electrons. The van der Waals surface area contributed by atoms with Gasteiger partial charge in [-0.1, -0.05) is 0 Å². The van der Waals surface area contributed by atoms with E-state index in [9.17, 15) is 45.6 Å². The van der Waals surface area contributed by atoms with Gasteiger partial charge < -0.3 is 73.7 Å². The first-order valence-corrected chi connectivity index (χ1v) is 13.8. The predicted molar refractivity (Wildman–Crippen MR) is 150 cm³/mol. The van der Waals surface area contributed by atoms with Crippen LogP contribution in [-0.4, -0.2) is 123 Å². The molecule has 1 unspecified atom stereocenters. The van der Waals surface area contributed by atoms with Gasteiger partial charge in [0, 0.05) is 23.8 Å². The van der Waals surface area contributed by atoms with Gasteiger partial charge in [-0.05, 0) is 19.1 Å². The number of ether oxygens (including phenoxy) is 6. The Morgan fingerprint density at radius 3 is 2.09 bits per heavy atom. The Hall–Kier alpha value is -3.71. The van der Waals surface area contributed by atoms with Gasteiger partial charge in [0.05, 0.1) is 26.9 Å². The Labute approximate surface area is 254 Å². The maximum atomic E-state index is 13.0. The summed E-state index contributed by atoms with van der Waals surface area (Å²) in [6, 6.07) is 6.22. The van der Waals surface area contributed by atoms with E-state index < -0.39 is 79.2 Å². The molecule has 16 nitrogen and oxygen atoms in total. The molecule has 2 aliphatic rings. The molecule has 2 aliphatic heterocycles. The van der Waals surface area contributed by atoms with Gasteiger partial charge >= 0.3 is 0 Å². The fourth-order valence-electron chi connectivity index (χ4n) is 5.20. The highest BCUT2D eigenvalue weighted by molar-refractivity contribution is 5.86. The molecule has 8 N–H and O–H groups in total. The first kappa shape index (κ1) is 32.7. The van der Waals surface area contributed by atoms with E-state index in [4.69, 9.17) is 32.8 Å². The first-order valence-electron chi connectivity index (χ1n) is 13.8. The summed E-state index contributed by atoms with van der Waals surface area (Å²) in [5.74, 6) is -0.912. The van der Waals surface area contributed by atoms with Crippen molar-refractivity contribution in [2.75, 3.05) is 20.8 Å². The monoisotopic (exact) mass is 638 g/mol. The Morgan fingerprint density at radius 2 is 1.47 bits per heavy atom. The zero-order valence-corrected chi connectivity index (χ0v) is 24.2. The van der Waals surface area contributed by atoms with Crippen molar-refractivity contribution in [1.82, 2.24) is 0 Å². The van der Waals surface area contributed by atoms with Crippen LogP contribution in [0.1, 0.15) is 6.92 Å². The number of aromatic hydroxyl groups is 2. The van der Waals surface area contributed by atoms with Crippen LogP contribution >= 0.6 is 0 Å². The van der Waals surface area contributed by atoms with Crippen molar-refractivity contribution in [2.45, 2.75) is 68.3 Å². The molecule has 0 spiro atoms. The molecule has 0 bridgehead atoms. The summed E-state index contributed by atoms with van der Waals surface area (Å²) < 4.78 is 38.9. The second-order valence-electron chi connectivity index (χ2n) is 10.6. The summed E-state index contributed by atoms with van der Waals surface area (Å²) in [5, 5.41) is 82.5. The quantitative estimate of drug-likeness (QED) is 0.146. The maximum absolute atomic E-state index is 13.0. The Balaban J connectivity index is 1.50. The molecule has 5 rings (SSSR count). The lowest BCUT2D eigenvalue weighted by Gasteiger charge is -2.45. The third-order valence-corrected chi connectivity index (χ3v) is 7.72. The molecule has 0 amide bonds. The summed E-state index contributed by atoms with van der Waals surface area (Å²) in [6.07, 6.45) is -15.6. The smallest absolute Gasteiger partial charge is 0.229 e. The number of aliphatic hydroxyl groups excluding tert-OH is 6. The third-order valence-electron chi connectivity index (χ3n) is 7.72. The zero-order chi connectivity index (χ0) is 32.7. The highest BCUT2D eigenvalue weighted by Gasteiger charge is 2.51. The van der Waals surface area contributed by atoms with Gasteiger partial charge in [-0.15, -0.1) is 0 Å². The minimum absolute atomic E-state index is 0.00738. The van der Waals surface area contributed by atoms with Crippen LogP contribution < -0.4 is 19.6 Å². The molecule has 10 atom stereocenters. The van der Waals surface area contributed by atoms with Crippen molar-refractivity contribution < 1.29 is 73.7 Å². The van der Waals surface area contributed by atoms with Crippen LogP contribution in [-0.2, 0) is 14.2 Å². The van der Waals surface area contributed by atoms with Gasteiger partial charge in [0.15, 0.2) is 29.3 Å². The molecule has 2 saturated heterocycles. The normalized spacial score (nSPS) is 31.9. The number of aliphatic hydroxyl groups is 6. The van der Waals surface area contributed by atoms with E-state index in [1.54, 1.807) is 0 Å². The fraction of sp³-hybridized carbons (Fsp3) is 0.483. The molecule has 3 aromatic rings. The average Bonchev–Trinajstić information content (AvgIpc) is 3.01. The lowest BCUT2D eigenvalue weighted by Crippen LogP contribution is -2.64. The van der Waals surface area contributed by atoms with E-state index >= 15 is 0 Å². The maximum Gasteiger partial charge on any atom is 0.229 e. The number of phenolic OH excluding ortho intramolecular Hbond substituents is 2. The van der Waals surface area contributed by atoms with Crippen LogP contribution in [0.3, 0.4) is 0 Å². The van der Waals surface area contributed by atoms with E-state index in [-0.39, 0.29) is 45.3 Å². The van der Waals surface area contributed by atoms with Gasteiger partial charge in [0.1, 0.15) is 64.9 Å². The molecule has 0 aliphatic carbocycles. The summed E-state index contributed by atoms with van der Waals surface area (Å²) in [7, 11) is 2.65. The number of rotatable bonds is 8. The minimum atomic E-state index is -1.78. The molecule has 246 valence electrons. The summed E-state index contributed by atoms with van der Waals surface area (Å²) in [6.45, 7) is 0.675. The molecular formula is C29H34O16. The predicted octanol–water partition coefficient (Wildman–Crippen LogP) is -1.08. The minimum Gasteiger partial charge on any atom is -0.507 e. The van der Waals surface area contributed by atoms with Crippen molar-refractivity contribution in [3.05, 3.63) is 40.6 Å². The Morgan fingerprint density at radius 1 is 0.800 bits per heavy atom. The third kappa shape index (κ3) is 6.11. The highest BCUT2D eigenvalue weighted by atomic mass is 16.8. The summed E-state index contributed by atoms with van der Waals surface area (Å²) in [4.78, 5) is 13.0. The number of phenols is 2. The molecule has 2 aromatic carbocycles. The largest absolute Gasteiger partial charge is 0.507 e. The van der Waals surface area contributed by atoms with Crippen molar-refractivity contribution in [3.8, 4) is 40.1 Å². The van der Waals surface area contributed by atoms with Gasteiger partial charge in [0.25, 0.3) is 0 Å². The highest BCUT2D eigenvalue weighted by Crippen LogP contribution is 2.41. The Kier molecular flexibility index (Phi) is 9.41. The molecule has 16 heteroatoms. The van der Waals surface area contributed by atoms with E-state index in [2.05, 4.69) is 0 Å². The van der Waals surface area contributed by atoms with Crippen LogP contribution in [0.4, 0.5) is 0 Å². The molecular weight excluding hydrogens is 604 g/mol. The van der Waals surface area contributed by atoms with Crippen molar-refractivity contribution in [2.24, 2.45) is 0 Å². The fourth-order valence-corrected chi connectivity index (χ4v) is 5.20. The topological polar surface area (TPSA) is 247 Å². The number of hydrogen-bond donors (Lipinski definition) is 8. The molecule has 45 heavy (non-hydrogen) atoms. The van der Waals surface area contributed by atoms with Crippen molar-refractivity contribution in [3.63, 3.8) is 0 Å². The van der Waals surface area contributed by atoms with Crippen LogP contribution in [0, 0.1) is 0 Å². The number of hydrogen-bond acceptors (Lipinski definition) is 16. The van der Waals surface area contributed by atoms with Gasteiger partial charge in [-0.2, -0.15) is 0 Å². The van der Waals surface area contributed by atoms with E-state index in [1.165, 1.54) is 39.3 Å². The van der Waals surface area contributed by atoms with Crippen LogP contribution in [0.2, 0.25) is 0 Å². The van der Waals surface area contributed by atoms with Crippen molar-refractivity contribution in [1.29, 1.82) is 0 Å². The first-order chi connectivity index (χ1) is 21.4. The number of benzene rings is 2. The van der Waals surface area contributed by atoms with Crippen LogP contribution in [0.5, 0.6) is 28.7 Å². The lowest BCUT2D eigenvalue weighted by molar-refractivity contribution is -0.354. The van der Waals surface area contributed by atoms with Crippen molar-refractivity contribution >= 4 is 11.0 Å². The van der Waals surface area contributed by atoms with Crippen LogP contribution in [0.25, 0.3) is 22.3 Å². The van der Waals surface area contributed by atoms with E-state index in [0.717, 1.165) is 12.1 Å². The average molecular weight is 639 g/mol. The molecule has 2 fully saturated rings. The molecule has 3 heterocycles. The summed E-state index contributed by atoms with van der Waals surface area (Å²) >= 11 is 0. The van der Waals surface area contributed by atoms with Gasteiger partial charge in [-0.3, -0.25) is 4.79 Å². The van der Waals surface area contributed by atoms with Gasteiger partial charge in [-0.25, -0.2) is 0 Å². The van der Waals surface area contributed by atoms with E-state index in [0.29, 0.717) is 0 Å². The second kappa shape index (κ2) is 13.0. The SMILES string of the molecule is COc1cc(-c2cc(=O)c3c(O)cc(O[C@@H]4O[C@H](CO)[C@@H](O)[C@H](O)[C@H]4OC4O[C@@H](C)[C@H](O)[C@@H](O)[C@H]4O)cc3o2)cc(OC)c1O. The second-order valence-corrected chi connectivity index (χ2v) is 10.6. The lowest BCUT2D eigenvalue weighted by atomic mass is 9.97. The zero-order valence-electron chi connectivity index (χ0n) is 24.2.